The van der Waals surface area contributed by atoms with Crippen LogP contribution in [-0.4, -0.2) is 44.9 Å². The van der Waals surface area contributed by atoms with Crippen molar-refractivity contribution in [3.8, 4) is 136 Å². The number of thiophene rings is 1. The molecule has 0 fully saturated rings. The van der Waals surface area contributed by atoms with E-state index < -0.39 is 0 Å². The Morgan fingerprint density at radius 3 is 0.789 bits per heavy atom. The SMILES string of the molecule is c1ccc(-c2nc(-c3ccccc3)nc(-c3cc(-c4ccc5oc6ccccc6c5c4)cc4c5ccccc5c5ccccc5c34)n2)cc1.c1ccc(-c2nc(-c3ccccc3)nc(-c3cc(-c4cccc5c4sc4ccccc45)cc4c5ccccc5c5ccccc5c34)n2)cc1.c1ccc(-c2nc(-c3ccccc3)nc(-c3cc(-c4cccc5oc6ccccc6c45)cc4c5ccccc5c5ccccc5c34)n2)cc1. The Morgan fingerprint density at radius 2 is 0.388 bits per heavy atom. The van der Waals surface area contributed by atoms with Crippen molar-refractivity contribution in [3.05, 3.63) is 491 Å². The number of hydrogen-bond donors (Lipinski definition) is 0. The van der Waals surface area contributed by atoms with Crippen LogP contribution < -0.4 is 0 Å². The first kappa shape index (κ1) is 85.4. The largest absolute Gasteiger partial charge is 0.456 e. The van der Waals surface area contributed by atoms with Crippen molar-refractivity contribution in [2.24, 2.45) is 0 Å². The second-order valence-corrected chi connectivity index (χ2v) is 38.1. The maximum absolute atomic E-state index is 6.34. The zero-order valence-corrected chi connectivity index (χ0v) is 79.8. The average molecular weight is 1890 g/mol. The molecule has 0 aliphatic rings. The number of hydrogen-bond acceptors (Lipinski definition) is 12. The Morgan fingerprint density at radius 1 is 0.129 bits per heavy atom. The fraction of sp³-hybridized carbons (Fsp3) is 0. The summed E-state index contributed by atoms with van der Waals surface area (Å²) in [5, 5.41) is 28.2. The van der Waals surface area contributed by atoms with Crippen LogP contribution in [0.1, 0.15) is 0 Å². The number of furan rings is 2. The van der Waals surface area contributed by atoms with Gasteiger partial charge in [0.2, 0.25) is 0 Å². The normalized spacial score (nSPS) is 11.7. The lowest BCUT2D eigenvalue weighted by molar-refractivity contribution is 0.668. The van der Waals surface area contributed by atoms with E-state index in [1.165, 1.54) is 85.0 Å². The Kier molecular flexibility index (Phi) is 20.9. The molecule has 0 aliphatic heterocycles. The van der Waals surface area contributed by atoms with E-state index in [1.807, 2.05) is 151 Å². The second kappa shape index (κ2) is 35.9. The van der Waals surface area contributed by atoms with Crippen LogP contribution >= 0.6 is 11.3 Å². The Hall–Kier alpha value is -19.5. The topological polar surface area (TPSA) is 142 Å². The van der Waals surface area contributed by atoms with E-state index in [0.717, 1.165) is 159 Å². The van der Waals surface area contributed by atoms with Gasteiger partial charge in [-0.15, -0.1) is 11.3 Å². The predicted octanol–water partition coefficient (Wildman–Crippen LogP) is 36.2. The smallest absolute Gasteiger partial charge is 0.164 e. The molecule has 12 heteroatoms. The van der Waals surface area contributed by atoms with E-state index >= 15 is 0 Å². The highest BCUT2D eigenvalue weighted by molar-refractivity contribution is 7.26. The van der Waals surface area contributed by atoms with Gasteiger partial charge in [0.25, 0.3) is 0 Å². The van der Waals surface area contributed by atoms with E-state index in [-0.39, 0.29) is 0 Å². The molecule has 24 aromatic carbocycles. The first-order chi connectivity index (χ1) is 72.9. The Bertz CT molecular complexity index is 10300. The fourth-order valence-corrected chi connectivity index (χ4v) is 23.0. The number of nitrogens with zero attached hydrogens (tertiary/aromatic N) is 9. The summed E-state index contributed by atoms with van der Waals surface area (Å²) >= 11 is 1.85. The molecule has 0 aliphatic carbocycles. The molecule has 30 aromatic rings. The Balaban J connectivity index is 0.000000107. The van der Waals surface area contributed by atoms with Gasteiger partial charge in [0.1, 0.15) is 22.3 Å². The number of benzene rings is 24. The third kappa shape index (κ3) is 15.1. The molecule has 0 bridgehead atoms. The molecule has 0 spiro atoms. The molecule has 6 heterocycles. The molecule has 6 aromatic heterocycles. The van der Waals surface area contributed by atoms with Gasteiger partial charge in [0, 0.05) is 108 Å². The van der Waals surface area contributed by atoms with Gasteiger partial charge in [-0.05, 0) is 187 Å². The Labute approximate surface area is 847 Å². The van der Waals surface area contributed by atoms with Crippen molar-refractivity contribution in [2.45, 2.75) is 0 Å². The van der Waals surface area contributed by atoms with Crippen molar-refractivity contribution in [3.63, 3.8) is 0 Å². The zero-order valence-electron chi connectivity index (χ0n) is 79.0. The van der Waals surface area contributed by atoms with Crippen molar-refractivity contribution in [1.82, 2.24) is 44.9 Å². The molecule has 147 heavy (non-hydrogen) atoms. The summed E-state index contributed by atoms with van der Waals surface area (Å²) in [7, 11) is 0. The quantitative estimate of drug-likeness (QED) is 0.108. The minimum atomic E-state index is 0.629. The molecular formula is C135H81N9O2S. The summed E-state index contributed by atoms with van der Waals surface area (Å²) in [6.07, 6.45) is 0. The third-order valence-corrected chi connectivity index (χ3v) is 29.7. The minimum Gasteiger partial charge on any atom is -0.456 e. The summed E-state index contributed by atoms with van der Waals surface area (Å²) in [6, 6.07) is 172. The minimum absolute atomic E-state index is 0.629. The van der Waals surface area contributed by atoms with E-state index in [1.54, 1.807) is 0 Å². The van der Waals surface area contributed by atoms with Crippen molar-refractivity contribution in [2.75, 3.05) is 0 Å². The lowest BCUT2D eigenvalue weighted by atomic mass is 9.88. The molecule has 30 rings (SSSR count). The summed E-state index contributed by atoms with van der Waals surface area (Å²) in [4.78, 5) is 46.4. The predicted molar refractivity (Wildman–Crippen MR) is 610 cm³/mol. The highest BCUT2D eigenvalue weighted by Gasteiger charge is 2.28. The number of rotatable bonds is 12. The van der Waals surface area contributed by atoms with Gasteiger partial charge in [-0.3, -0.25) is 0 Å². The maximum Gasteiger partial charge on any atom is 0.164 e. The summed E-state index contributed by atoms with van der Waals surface area (Å²) < 4.78 is 15.1. The van der Waals surface area contributed by atoms with Crippen molar-refractivity contribution < 1.29 is 8.83 Å². The number of para-hydroxylation sites is 2. The second-order valence-electron chi connectivity index (χ2n) is 37.1. The van der Waals surface area contributed by atoms with Gasteiger partial charge in [0.15, 0.2) is 52.4 Å². The van der Waals surface area contributed by atoms with Gasteiger partial charge in [0.05, 0.1) is 0 Å². The highest BCUT2D eigenvalue weighted by atomic mass is 32.1. The standard InChI is InChI=1S/2C45H27N3O.C45H27N3S/c1-3-14-28(15-4-1)43-46-44(29-16-5-2-6-17-29)48-45(47-43)38-27-30(31-23-13-25-40-42(31)36-22-11-12-24-39(36)49-40)26-37-34-20-8-7-18-32(34)33-19-9-10-21-35(33)41(37)38;1-3-13-28(14-4-1)43-46-44(29-15-5-2-6-16-29)48-45(47-43)39-27-31(30-23-24-41-37(25-30)35-20-11-12-22-40(35)49-41)26-38-34-19-8-7-17-32(34)33-18-9-10-21-36(33)42(38)39;1-3-14-28(15-4-1)43-46-44(29-16-5-2-6-17-29)48-45(47-43)39-27-30(31-23-13-24-37-35-21-11-12-25-40(35)49-42(31)37)26-38-34-20-8-7-18-32(34)33-19-9-10-22-36(33)41(38)39/h3*1-27H. The third-order valence-electron chi connectivity index (χ3n) is 28.5. The zero-order chi connectivity index (χ0) is 96.9. The van der Waals surface area contributed by atoms with Crippen LogP contribution in [0.3, 0.4) is 0 Å². The van der Waals surface area contributed by atoms with Crippen molar-refractivity contribution >= 4 is 172 Å². The van der Waals surface area contributed by atoms with E-state index in [2.05, 4.69) is 352 Å². The van der Waals surface area contributed by atoms with Crippen molar-refractivity contribution in [1.29, 1.82) is 0 Å². The maximum atomic E-state index is 6.34. The first-order valence-electron chi connectivity index (χ1n) is 49.4. The average Bonchev–Trinajstić information content (AvgIpc) is 1.13. The van der Waals surface area contributed by atoms with Crippen LogP contribution in [0.4, 0.5) is 0 Å². The number of fused-ring (bicyclic) bond motifs is 27. The summed E-state index contributed by atoms with van der Waals surface area (Å²) in [5.41, 5.74) is 18.8. The fourth-order valence-electron chi connectivity index (χ4n) is 21.8. The van der Waals surface area contributed by atoms with E-state index in [4.69, 9.17) is 53.7 Å². The van der Waals surface area contributed by atoms with Gasteiger partial charge >= 0.3 is 0 Å². The first-order valence-corrected chi connectivity index (χ1v) is 50.2. The van der Waals surface area contributed by atoms with Crippen LogP contribution in [-0.2, 0) is 0 Å². The van der Waals surface area contributed by atoms with Gasteiger partial charge < -0.3 is 8.83 Å². The molecule has 0 saturated carbocycles. The molecule has 0 unspecified atom stereocenters. The molecule has 0 N–H and O–H groups in total. The molecule has 0 saturated heterocycles. The molecule has 11 nitrogen and oxygen atoms in total. The van der Waals surface area contributed by atoms with Crippen LogP contribution in [0.15, 0.2) is 500 Å². The lowest BCUT2D eigenvalue weighted by Gasteiger charge is -2.17. The van der Waals surface area contributed by atoms with Crippen LogP contribution in [0, 0.1) is 0 Å². The number of aromatic nitrogens is 9. The van der Waals surface area contributed by atoms with Gasteiger partial charge in [-0.25, -0.2) is 44.9 Å². The molecule has 0 radical (unpaired) electrons. The van der Waals surface area contributed by atoms with Crippen LogP contribution in [0.2, 0.25) is 0 Å². The summed E-state index contributed by atoms with van der Waals surface area (Å²) in [6.45, 7) is 0. The highest BCUT2D eigenvalue weighted by Crippen LogP contribution is 2.51. The molecule has 0 atom stereocenters. The van der Waals surface area contributed by atoms with E-state index in [9.17, 15) is 0 Å². The molecule has 0 amide bonds. The van der Waals surface area contributed by atoms with Gasteiger partial charge in [-0.2, -0.15) is 0 Å². The molecule has 684 valence electrons. The van der Waals surface area contributed by atoms with Crippen LogP contribution in [0.25, 0.3) is 297 Å². The lowest BCUT2D eigenvalue weighted by Crippen LogP contribution is -2.01. The van der Waals surface area contributed by atoms with Crippen LogP contribution in [0.5, 0.6) is 0 Å². The summed E-state index contributed by atoms with van der Waals surface area (Å²) in [5.74, 6) is 5.77. The molecular weight excluding hydrogens is 1810 g/mol. The van der Waals surface area contributed by atoms with E-state index in [0.29, 0.717) is 52.4 Å². The monoisotopic (exact) mass is 1890 g/mol. The van der Waals surface area contributed by atoms with Gasteiger partial charge in [-0.1, -0.05) is 419 Å².